The van der Waals surface area contributed by atoms with E-state index in [9.17, 15) is 19.2 Å². The van der Waals surface area contributed by atoms with Crippen LogP contribution in [-0.2, 0) is 0 Å². The molecular weight excluding hydrogens is 368 g/mol. The molecule has 26 heavy (non-hydrogen) atoms. The molecule has 5 rings (SSSR count). The molecule has 128 valence electrons. The zero-order valence-corrected chi connectivity index (χ0v) is 15.0. The Balaban J connectivity index is 1.60. The summed E-state index contributed by atoms with van der Waals surface area (Å²) in [7, 11) is 0. The summed E-state index contributed by atoms with van der Waals surface area (Å²) < 4.78 is 0. The van der Waals surface area contributed by atoms with Gasteiger partial charge in [-0.25, -0.2) is 0 Å². The lowest BCUT2D eigenvalue weighted by Crippen LogP contribution is -2.53. The molecule has 2 aliphatic carbocycles. The van der Waals surface area contributed by atoms with Gasteiger partial charge < -0.3 is 0 Å². The van der Waals surface area contributed by atoms with Crippen LogP contribution in [0.4, 0.5) is 0 Å². The van der Waals surface area contributed by atoms with Gasteiger partial charge in [-0.1, -0.05) is 48.5 Å². The van der Waals surface area contributed by atoms with Gasteiger partial charge in [-0.3, -0.25) is 19.2 Å². The third-order valence-electron chi connectivity index (χ3n) is 5.09. The first kappa shape index (κ1) is 16.0. The van der Waals surface area contributed by atoms with Crippen LogP contribution in [0.15, 0.2) is 48.5 Å². The Morgan fingerprint density at radius 1 is 0.462 bits per heavy atom. The lowest BCUT2D eigenvalue weighted by molar-refractivity contribution is 0.0884. The Morgan fingerprint density at radius 3 is 0.923 bits per heavy atom. The second-order valence-corrected chi connectivity index (χ2v) is 9.08. The number of carbonyl (C=O) groups excluding carboxylic acids is 4. The van der Waals surface area contributed by atoms with Crippen molar-refractivity contribution in [3.05, 3.63) is 70.8 Å². The number of Topliss-reactive ketones (excluding diaryl/α,β-unsaturated/α-hetero) is 4. The summed E-state index contributed by atoms with van der Waals surface area (Å²) in [6.07, 6.45) is 0. The van der Waals surface area contributed by atoms with Crippen molar-refractivity contribution in [1.29, 1.82) is 0 Å². The molecule has 1 heterocycles. The molecule has 4 atom stereocenters. The molecular formula is C20H12O4S2. The third kappa shape index (κ3) is 2.06. The maximum atomic E-state index is 12.9. The Kier molecular flexibility index (Phi) is 3.49. The Bertz CT molecular complexity index is 853. The number of ketones is 4. The highest BCUT2D eigenvalue weighted by Crippen LogP contribution is 2.49. The van der Waals surface area contributed by atoms with E-state index in [1.807, 2.05) is 0 Å². The molecule has 2 aromatic rings. The maximum absolute atomic E-state index is 12.9. The highest BCUT2D eigenvalue weighted by atomic mass is 32.2. The molecule has 0 spiro atoms. The van der Waals surface area contributed by atoms with Crippen molar-refractivity contribution >= 4 is 46.7 Å². The van der Waals surface area contributed by atoms with E-state index >= 15 is 0 Å². The molecule has 0 N–H and O–H groups in total. The first-order chi connectivity index (χ1) is 12.6. The predicted molar refractivity (Wildman–Crippen MR) is 101 cm³/mol. The molecule has 0 aromatic heterocycles. The van der Waals surface area contributed by atoms with Gasteiger partial charge in [-0.15, -0.1) is 23.5 Å². The van der Waals surface area contributed by atoms with Crippen molar-refractivity contribution in [3.8, 4) is 0 Å². The third-order valence-corrected chi connectivity index (χ3v) is 8.55. The second-order valence-electron chi connectivity index (χ2n) is 6.50. The summed E-state index contributed by atoms with van der Waals surface area (Å²) in [5.41, 5.74) is 1.67. The van der Waals surface area contributed by atoms with Gasteiger partial charge in [-0.05, 0) is 0 Å². The van der Waals surface area contributed by atoms with Crippen LogP contribution in [0.2, 0.25) is 0 Å². The van der Waals surface area contributed by atoms with E-state index in [4.69, 9.17) is 0 Å². The topological polar surface area (TPSA) is 68.3 Å². The highest BCUT2D eigenvalue weighted by Gasteiger charge is 2.54. The Hall–Kier alpha value is -2.18. The number of benzene rings is 2. The number of carbonyl (C=O) groups is 4. The van der Waals surface area contributed by atoms with Gasteiger partial charge >= 0.3 is 0 Å². The standard InChI is InChI=1S/C20H12O4S2/c21-13-9-5-1-2-6-10(9)14(22)18-17(13)25-19-15(23)11-7-3-4-8-12(11)16(24)20(19)26-18/h1-8,17-20H/t17-,18+,19+,20-. The minimum atomic E-state index is -0.620. The van der Waals surface area contributed by atoms with Crippen molar-refractivity contribution in [1.82, 2.24) is 0 Å². The average Bonchev–Trinajstić information content (AvgIpc) is 2.69. The molecule has 0 saturated carbocycles. The summed E-state index contributed by atoms with van der Waals surface area (Å²) in [6, 6.07) is 13.6. The first-order valence-corrected chi connectivity index (χ1v) is 10.1. The minimum absolute atomic E-state index is 0.125. The predicted octanol–water partition coefficient (Wildman–Crippen LogP) is 3.10. The largest absolute Gasteiger partial charge is 0.293 e. The van der Waals surface area contributed by atoms with Gasteiger partial charge in [-0.2, -0.15) is 0 Å². The van der Waals surface area contributed by atoms with Gasteiger partial charge in [0.25, 0.3) is 0 Å². The molecule has 1 saturated heterocycles. The fourth-order valence-corrected chi connectivity index (χ4v) is 7.31. The van der Waals surface area contributed by atoms with E-state index in [-0.39, 0.29) is 23.1 Å². The number of fused-ring (bicyclic) bond motifs is 4. The van der Waals surface area contributed by atoms with Crippen LogP contribution in [0.3, 0.4) is 0 Å². The van der Waals surface area contributed by atoms with Crippen molar-refractivity contribution < 1.29 is 19.2 Å². The van der Waals surface area contributed by atoms with Crippen molar-refractivity contribution in [2.75, 3.05) is 0 Å². The fourth-order valence-electron chi connectivity index (χ4n) is 3.84. The monoisotopic (exact) mass is 380 g/mol. The summed E-state index contributed by atoms with van der Waals surface area (Å²) in [5, 5.41) is -2.48. The summed E-state index contributed by atoms with van der Waals surface area (Å²) in [6.45, 7) is 0. The molecule has 3 aliphatic rings. The smallest absolute Gasteiger partial charge is 0.178 e. The zero-order valence-electron chi connectivity index (χ0n) is 13.4. The number of hydrogen-bond donors (Lipinski definition) is 0. The molecule has 0 unspecified atom stereocenters. The van der Waals surface area contributed by atoms with E-state index < -0.39 is 21.0 Å². The van der Waals surface area contributed by atoms with Crippen LogP contribution in [0.25, 0.3) is 0 Å². The van der Waals surface area contributed by atoms with Crippen molar-refractivity contribution in [3.63, 3.8) is 0 Å². The van der Waals surface area contributed by atoms with E-state index in [2.05, 4.69) is 0 Å². The zero-order chi connectivity index (χ0) is 18.0. The lowest BCUT2D eigenvalue weighted by Gasteiger charge is -2.42. The SMILES string of the molecule is O=C1c2ccccc2C(=O)[C@@H]2S[C@@H]3C(=O)c4ccccc4C(=O)[C@@H]3S[C@H]12. The molecule has 0 amide bonds. The van der Waals surface area contributed by atoms with Gasteiger partial charge in [0.1, 0.15) is 0 Å². The Labute approximate surface area is 157 Å². The van der Waals surface area contributed by atoms with Gasteiger partial charge in [0.05, 0.1) is 21.0 Å². The van der Waals surface area contributed by atoms with E-state index in [0.29, 0.717) is 22.3 Å². The number of hydrogen-bond acceptors (Lipinski definition) is 6. The van der Waals surface area contributed by atoms with Crippen molar-refractivity contribution in [2.45, 2.75) is 21.0 Å². The Morgan fingerprint density at radius 2 is 0.692 bits per heavy atom. The van der Waals surface area contributed by atoms with E-state index in [0.717, 1.165) is 0 Å². The first-order valence-electron chi connectivity index (χ1n) is 8.24. The molecule has 6 heteroatoms. The normalized spacial score (nSPS) is 29.5. The van der Waals surface area contributed by atoms with Gasteiger partial charge in [0, 0.05) is 22.3 Å². The summed E-state index contributed by atoms with van der Waals surface area (Å²) in [4.78, 5) is 51.7. The molecule has 0 radical (unpaired) electrons. The minimum Gasteiger partial charge on any atom is -0.293 e. The van der Waals surface area contributed by atoms with Crippen LogP contribution in [0, 0.1) is 0 Å². The molecule has 1 aliphatic heterocycles. The van der Waals surface area contributed by atoms with Crippen LogP contribution in [-0.4, -0.2) is 44.1 Å². The maximum Gasteiger partial charge on any atom is 0.178 e. The fraction of sp³-hybridized carbons (Fsp3) is 0.200. The highest BCUT2D eigenvalue weighted by molar-refractivity contribution is 8.09. The number of rotatable bonds is 0. The second kappa shape index (κ2) is 5.66. The summed E-state index contributed by atoms with van der Waals surface area (Å²) in [5.74, 6) is -0.499. The molecule has 2 aromatic carbocycles. The van der Waals surface area contributed by atoms with Crippen molar-refractivity contribution in [2.24, 2.45) is 0 Å². The van der Waals surface area contributed by atoms with Crippen LogP contribution in [0.5, 0.6) is 0 Å². The van der Waals surface area contributed by atoms with E-state index in [1.54, 1.807) is 48.5 Å². The van der Waals surface area contributed by atoms with Crippen LogP contribution < -0.4 is 0 Å². The van der Waals surface area contributed by atoms with Gasteiger partial charge in [0.2, 0.25) is 0 Å². The summed E-state index contributed by atoms with van der Waals surface area (Å²) >= 11 is 2.38. The van der Waals surface area contributed by atoms with Gasteiger partial charge in [0.15, 0.2) is 23.1 Å². The molecule has 1 fully saturated rings. The molecule has 4 nitrogen and oxygen atoms in total. The van der Waals surface area contributed by atoms with E-state index in [1.165, 1.54) is 23.5 Å². The number of thioether (sulfide) groups is 2. The van der Waals surface area contributed by atoms with Crippen LogP contribution >= 0.6 is 23.5 Å². The average molecular weight is 380 g/mol. The lowest BCUT2D eigenvalue weighted by atomic mass is 9.88. The quantitative estimate of drug-likeness (QED) is 0.700. The van der Waals surface area contributed by atoms with Crippen LogP contribution in [0.1, 0.15) is 41.4 Å². The molecule has 0 bridgehead atoms.